The summed E-state index contributed by atoms with van der Waals surface area (Å²) in [6.45, 7) is 5.28. The van der Waals surface area contributed by atoms with Gasteiger partial charge in [0.25, 0.3) is 0 Å². The molecule has 1 aromatic carbocycles. The maximum Gasteiger partial charge on any atom is 0.313 e. The molecule has 0 aliphatic carbocycles. The highest BCUT2D eigenvalue weighted by Gasteiger charge is 2.41. The van der Waals surface area contributed by atoms with Crippen molar-refractivity contribution in [3.05, 3.63) is 34.3 Å². The minimum Gasteiger partial charge on any atom is -0.462 e. The Labute approximate surface area is 141 Å². The number of hydrogen-bond acceptors (Lipinski definition) is 3. The molecular formula is C18H24BrNO2. The Morgan fingerprint density at radius 2 is 1.86 bits per heavy atom. The lowest BCUT2D eigenvalue weighted by molar-refractivity contribution is -0.154. The zero-order chi connectivity index (χ0) is 15.7. The van der Waals surface area contributed by atoms with Crippen molar-refractivity contribution in [3.63, 3.8) is 0 Å². The highest BCUT2D eigenvalue weighted by atomic mass is 79.9. The van der Waals surface area contributed by atoms with Gasteiger partial charge in [-0.25, -0.2) is 0 Å². The Hall–Kier alpha value is -0.870. The van der Waals surface area contributed by atoms with Crippen molar-refractivity contribution in [1.29, 1.82) is 0 Å². The first-order valence-corrected chi connectivity index (χ1v) is 9.09. The molecule has 2 saturated heterocycles. The Morgan fingerprint density at radius 1 is 1.27 bits per heavy atom. The zero-order valence-electron chi connectivity index (χ0n) is 13.3. The SMILES string of the molecule is CCN1[C@@H]2CC[C@H]1CC(OC(=O)C(C)c1ccc(Br)cc1)C2. The number of carbonyl (C=O) groups excluding carboxylic acids is 1. The van der Waals surface area contributed by atoms with Crippen LogP contribution in [-0.4, -0.2) is 35.6 Å². The first-order chi connectivity index (χ1) is 10.6. The summed E-state index contributed by atoms with van der Waals surface area (Å²) in [6, 6.07) is 9.14. The summed E-state index contributed by atoms with van der Waals surface area (Å²) in [4.78, 5) is 15.0. The normalized spacial score (nSPS) is 29.3. The minimum atomic E-state index is -0.199. The molecule has 0 radical (unpaired) electrons. The Morgan fingerprint density at radius 3 is 2.41 bits per heavy atom. The molecule has 0 spiro atoms. The van der Waals surface area contributed by atoms with Crippen molar-refractivity contribution < 1.29 is 9.53 Å². The molecule has 0 aromatic heterocycles. The van der Waals surface area contributed by atoms with E-state index in [1.54, 1.807) is 0 Å². The molecule has 0 saturated carbocycles. The van der Waals surface area contributed by atoms with Gasteiger partial charge in [-0.1, -0.05) is 35.0 Å². The molecule has 120 valence electrons. The van der Waals surface area contributed by atoms with Gasteiger partial charge < -0.3 is 4.74 Å². The number of esters is 1. The van der Waals surface area contributed by atoms with Gasteiger partial charge in [-0.3, -0.25) is 9.69 Å². The molecule has 3 rings (SSSR count). The second kappa shape index (κ2) is 6.71. The third kappa shape index (κ3) is 3.23. The Kier molecular flexibility index (Phi) is 4.88. The van der Waals surface area contributed by atoms with E-state index in [0.29, 0.717) is 12.1 Å². The first-order valence-electron chi connectivity index (χ1n) is 8.30. The van der Waals surface area contributed by atoms with Crippen LogP contribution in [0.2, 0.25) is 0 Å². The third-order valence-electron chi connectivity index (χ3n) is 5.21. The number of halogens is 1. The van der Waals surface area contributed by atoms with E-state index in [-0.39, 0.29) is 18.0 Å². The molecule has 2 aliphatic heterocycles. The van der Waals surface area contributed by atoms with Gasteiger partial charge in [-0.15, -0.1) is 0 Å². The number of piperidine rings is 1. The molecular weight excluding hydrogens is 342 g/mol. The minimum absolute atomic E-state index is 0.0864. The molecule has 2 aliphatic rings. The van der Waals surface area contributed by atoms with Gasteiger partial charge in [-0.05, 0) is 44.0 Å². The van der Waals surface area contributed by atoms with Crippen molar-refractivity contribution in [3.8, 4) is 0 Å². The van der Waals surface area contributed by atoms with Gasteiger partial charge in [0.15, 0.2) is 0 Å². The molecule has 0 N–H and O–H groups in total. The van der Waals surface area contributed by atoms with Crippen LogP contribution < -0.4 is 0 Å². The average molecular weight is 366 g/mol. The van der Waals surface area contributed by atoms with Crippen molar-refractivity contribution in [2.24, 2.45) is 0 Å². The van der Waals surface area contributed by atoms with Crippen LogP contribution in [0.15, 0.2) is 28.7 Å². The summed E-state index contributed by atoms with van der Waals surface area (Å²) < 4.78 is 6.86. The highest BCUT2D eigenvalue weighted by molar-refractivity contribution is 9.10. The van der Waals surface area contributed by atoms with E-state index in [2.05, 4.69) is 27.8 Å². The summed E-state index contributed by atoms with van der Waals surface area (Å²) in [5.74, 6) is -0.286. The third-order valence-corrected chi connectivity index (χ3v) is 5.74. The number of hydrogen-bond donors (Lipinski definition) is 0. The van der Waals surface area contributed by atoms with E-state index in [0.717, 1.165) is 29.4 Å². The van der Waals surface area contributed by atoms with Crippen molar-refractivity contribution in [2.75, 3.05) is 6.54 Å². The predicted octanol–water partition coefficient (Wildman–Crippen LogP) is 4.11. The van der Waals surface area contributed by atoms with Crippen LogP contribution in [-0.2, 0) is 9.53 Å². The van der Waals surface area contributed by atoms with Crippen LogP contribution in [0.25, 0.3) is 0 Å². The van der Waals surface area contributed by atoms with Gasteiger partial charge in [-0.2, -0.15) is 0 Å². The Balaban J connectivity index is 1.59. The number of rotatable bonds is 4. The molecule has 2 heterocycles. The summed E-state index contributed by atoms with van der Waals surface area (Å²) >= 11 is 3.42. The van der Waals surface area contributed by atoms with Crippen molar-refractivity contribution in [2.45, 2.75) is 63.6 Å². The molecule has 22 heavy (non-hydrogen) atoms. The number of ether oxygens (including phenoxy) is 1. The summed E-state index contributed by atoms with van der Waals surface area (Å²) in [5, 5.41) is 0. The largest absolute Gasteiger partial charge is 0.462 e. The van der Waals surface area contributed by atoms with Crippen LogP contribution in [0.1, 0.15) is 51.0 Å². The number of nitrogens with zero attached hydrogens (tertiary/aromatic N) is 1. The molecule has 4 heteroatoms. The summed E-state index contributed by atoms with van der Waals surface area (Å²) in [5.41, 5.74) is 1.02. The van der Waals surface area contributed by atoms with Crippen LogP contribution in [0.5, 0.6) is 0 Å². The standard InChI is InChI=1S/C18H24BrNO2/c1-3-20-15-8-9-16(20)11-17(10-15)22-18(21)12(2)13-4-6-14(19)7-5-13/h4-7,12,15-17H,3,8-11H2,1-2H3/t12?,15-,16+,17?. The quantitative estimate of drug-likeness (QED) is 0.751. The molecule has 4 atom stereocenters. The van der Waals surface area contributed by atoms with Gasteiger partial charge in [0.1, 0.15) is 6.10 Å². The van der Waals surface area contributed by atoms with Crippen LogP contribution in [0.3, 0.4) is 0 Å². The summed E-state index contributed by atoms with van der Waals surface area (Å²) in [7, 11) is 0. The van der Waals surface area contributed by atoms with Crippen LogP contribution >= 0.6 is 15.9 Å². The van der Waals surface area contributed by atoms with Crippen molar-refractivity contribution in [1.82, 2.24) is 4.90 Å². The van der Waals surface area contributed by atoms with Crippen LogP contribution in [0, 0.1) is 0 Å². The second-order valence-corrected chi connectivity index (χ2v) is 7.43. The van der Waals surface area contributed by atoms with Crippen LogP contribution in [0.4, 0.5) is 0 Å². The van der Waals surface area contributed by atoms with E-state index in [9.17, 15) is 4.79 Å². The molecule has 0 amide bonds. The molecule has 2 bridgehead atoms. The molecule has 1 aromatic rings. The summed E-state index contributed by atoms with van der Waals surface area (Å²) in [6.07, 6.45) is 4.63. The molecule has 2 unspecified atom stereocenters. The van der Waals surface area contributed by atoms with E-state index in [4.69, 9.17) is 4.74 Å². The molecule has 3 nitrogen and oxygen atoms in total. The maximum atomic E-state index is 12.4. The fourth-order valence-electron chi connectivity index (χ4n) is 3.99. The van der Waals surface area contributed by atoms with Gasteiger partial charge in [0.05, 0.1) is 5.92 Å². The second-order valence-electron chi connectivity index (χ2n) is 6.52. The molecule has 2 fully saturated rings. The number of benzene rings is 1. The first kappa shape index (κ1) is 16.0. The lowest BCUT2D eigenvalue weighted by Gasteiger charge is -2.38. The van der Waals surface area contributed by atoms with E-state index >= 15 is 0 Å². The predicted molar refractivity (Wildman–Crippen MR) is 90.9 cm³/mol. The monoisotopic (exact) mass is 365 g/mol. The van der Waals surface area contributed by atoms with E-state index < -0.39 is 0 Å². The lowest BCUT2D eigenvalue weighted by Crippen LogP contribution is -2.45. The van der Waals surface area contributed by atoms with Gasteiger partial charge >= 0.3 is 5.97 Å². The smallest absolute Gasteiger partial charge is 0.313 e. The van der Waals surface area contributed by atoms with Gasteiger partial charge in [0.2, 0.25) is 0 Å². The number of fused-ring (bicyclic) bond motifs is 2. The highest BCUT2D eigenvalue weighted by Crippen LogP contribution is 2.37. The topological polar surface area (TPSA) is 29.5 Å². The Bertz CT molecular complexity index is 516. The average Bonchev–Trinajstić information content (AvgIpc) is 2.77. The van der Waals surface area contributed by atoms with E-state index in [1.165, 1.54) is 12.8 Å². The van der Waals surface area contributed by atoms with Crippen molar-refractivity contribution >= 4 is 21.9 Å². The fraction of sp³-hybridized carbons (Fsp3) is 0.611. The van der Waals surface area contributed by atoms with Gasteiger partial charge in [0, 0.05) is 29.4 Å². The van der Waals surface area contributed by atoms with E-state index in [1.807, 2.05) is 31.2 Å². The fourth-order valence-corrected chi connectivity index (χ4v) is 4.26. The maximum absolute atomic E-state index is 12.4. The zero-order valence-corrected chi connectivity index (χ0v) is 14.9. The number of carbonyl (C=O) groups is 1. The lowest BCUT2D eigenvalue weighted by atomic mass is 9.98.